The van der Waals surface area contributed by atoms with Crippen LogP contribution in [-0.4, -0.2) is 45.4 Å². The molecule has 0 atom stereocenters. The van der Waals surface area contributed by atoms with Crippen molar-refractivity contribution >= 4 is 21.9 Å². The molecular formula is C22H26N2O5S. The van der Waals surface area contributed by atoms with Crippen molar-refractivity contribution in [3.05, 3.63) is 64.7 Å². The average molecular weight is 431 g/mol. The van der Waals surface area contributed by atoms with Crippen molar-refractivity contribution in [2.24, 2.45) is 0 Å². The summed E-state index contributed by atoms with van der Waals surface area (Å²) in [5, 5.41) is 0. The first-order valence-electron chi connectivity index (χ1n) is 9.88. The summed E-state index contributed by atoms with van der Waals surface area (Å²) in [4.78, 5) is 26.2. The van der Waals surface area contributed by atoms with Gasteiger partial charge in [0.2, 0.25) is 10.0 Å². The van der Waals surface area contributed by atoms with Crippen LogP contribution >= 0.6 is 0 Å². The standard InChI is InChI=1S/C22H26N2O5S/c1-16-13-19(22(26)29-2)9-10-20(16)30(27,28)23-15-17-7-6-8-18(14-17)21(25)24-11-4-3-5-12-24/h6-10,13-14,23H,3-5,11-12,15H2,1-2H3. The third kappa shape index (κ3) is 5.06. The Morgan fingerprint density at radius 2 is 1.77 bits per heavy atom. The van der Waals surface area contributed by atoms with Gasteiger partial charge >= 0.3 is 5.97 Å². The molecule has 0 aromatic heterocycles. The van der Waals surface area contributed by atoms with Crippen molar-refractivity contribution < 1.29 is 22.7 Å². The molecule has 2 aromatic rings. The maximum Gasteiger partial charge on any atom is 0.337 e. The lowest BCUT2D eigenvalue weighted by Crippen LogP contribution is -2.35. The molecule has 0 saturated carbocycles. The molecule has 0 unspecified atom stereocenters. The summed E-state index contributed by atoms with van der Waals surface area (Å²) in [6.07, 6.45) is 3.17. The Morgan fingerprint density at radius 1 is 1.03 bits per heavy atom. The number of benzene rings is 2. The van der Waals surface area contributed by atoms with E-state index < -0.39 is 16.0 Å². The third-order valence-corrected chi connectivity index (χ3v) is 6.73. The second-order valence-electron chi connectivity index (χ2n) is 7.35. The maximum atomic E-state index is 12.7. The number of carbonyl (C=O) groups is 2. The monoisotopic (exact) mass is 430 g/mol. The molecule has 1 heterocycles. The van der Waals surface area contributed by atoms with Gasteiger partial charge in [0.1, 0.15) is 0 Å². The van der Waals surface area contributed by atoms with Crippen molar-refractivity contribution in [3.63, 3.8) is 0 Å². The van der Waals surface area contributed by atoms with Crippen molar-refractivity contribution in [2.45, 2.75) is 37.6 Å². The molecule has 160 valence electrons. The molecule has 8 heteroatoms. The number of ether oxygens (including phenoxy) is 1. The lowest BCUT2D eigenvalue weighted by atomic mass is 10.1. The Morgan fingerprint density at radius 3 is 2.43 bits per heavy atom. The van der Waals surface area contributed by atoms with E-state index in [1.165, 1.54) is 25.3 Å². The van der Waals surface area contributed by atoms with Gasteiger partial charge < -0.3 is 9.64 Å². The number of piperidine rings is 1. The molecule has 1 amide bonds. The lowest BCUT2D eigenvalue weighted by Gasteiger charge is -2.26. The molecule has 1 N–H and O–H groups in total. The number of likely N-dealkylation sites (tertiary alicyclic amines) is 1. The van der Waals surface area contributed by atoms with Gasteiger partial charge in [-0.25, -0.2) is 17.9 Å². The fourth-order valence-electron chi connectivity index (χ4n) is 3.55. The fourth-order valence-corrected chi connectivity index (χ4v) is 4.79. The number of sulfonamides is 1. The van der Waals surface area contributed by atoms with Crippen molar-refractivity contribution in [3.8, 4) is 0 Å². The van der Waals surface area contributed by atoms with E-state index in [9.17, 15) is 18.0 Å². The number of amides is 1. The molecule has 7 nitrogen and oxygen atoms in total. The summed E-state index contributed by atoms with van der Waals surface area (Å²) in [6.45, 7) is 3.20. The van der Waals surface area contributed by atoms with Crippen LogP contribution in [0.1, 0.15) is 51.1 Å². The van der Waals surface area contributed by atoms with E-state index in [1.54, 1.807) is 31.2 Å². The van der Waals surface area contributed by atoms with Crippen LogP contribution in [0.4, 0.5) is 0 Å². The quantitative estimate of drug-likeness (QED) is 0.712. The van der Waals surface area contributed by atoms with Gasteiger partial charge in [-0.05, 0) is 67.6 Å². The number of esters is 1. The van der Waals surface area contributed by atoms with Crippen molar-refractivity contribution in [1.29, 1.82) is 0 Å². The molecule has 3 rings (SSSR count). The van der Waals surface area contributed by atoms with Gasteiger partial charge in [-0.2, -0.15) is 0 Å². The van der Waals surface area contributed by atoms with Crippen molar-refractivity contribution in [1.82, 2.24) is 9.62 Å². The highest BCUT2D eigenvalue weighted by Gasteiger charge is 2.20. The largest absolute Gasteiger partial charge is 0.465 e. The normalized spacial score (nSPS) is 14.4. The van der Waals surface area contributed by atoms with E-state index in [0.717, 1.165) is 32.4 Å². The first-order chi connectivity index (χ1) is 14.3. The van der Waals surface area contributed by atoms with E-state index in [-0.39, 0.29) is 22.9 Å². The molecule has 2 aromatic carbocycles. The van der Waals surface area contributed by atoms with Crippen LogP contribution in [0.15, 0.2) is 47.4 Å². The minimum Gasteiger partial charge on any atom is -0.465 e. The van der Waals surface area contributed by atoms with Crippen LogP contribution in [0.5, 0.6) is 0 Å². The zero-order chi connectivity index (χ0) is 21.7. The van der Waals surface area contributed by atoms with Crippen LogP contribution in [-0.2, 0) is 21.3 Å². The maximum absolute atomic E-state index is 12.7. The van der Waals surface area contributed by atoms with Gasteiger partial charge in [-0.1, -0.05) is 12.1 Å². The van der Waals surface area contributed by atoms with E-state index in [2.05, 4.69) is 9.46 Å². The number of methoxy groups -OCH3 is 1. The van der Waals surface area contributed by atoms with Gasteiger partial charge in [0, 0.05) is 25.2 Å². The highest BCUT2D eigenvalue weighted by Crippen LogP contribution is 2.19. The fraction of sp³-hybridized carbons (Fsp3) is 0.364. The molecule has 1 fully saturated rings. The highest BCUT2D eigenvalue weighted by atomic mass is 32.2. The predicted molar refractivity (Wildman–Crippen MR) is 113 cm³/mol. The van der Waals surface area contributed by atoms with Crippen molar-refractivity contribution in [2.75, 3.05) is 20.2 Å². The summed E-state index contributed by atoms with van der Waals surface area (Å²) in [5.74, 6) is -0.543. The zero-order valence-electron chi connectivity index (χ0n) is 17.2. The van der Waals surface area contributed by atoms with Crippen LogP contribution < -0.4 is 4.72 Å². The minimum absolute atomic E-state index is 0.0198. The third-order valence-electron chi connectivity index (χ3n) is 5.17. The molecule has 30 heavy (non-hydrogen) atoms. The molecule has 0 radical (unpaired) electrons. The van der Waals surface area contributed by atoms with Gasteiger partial charge in [0.05, 0.1) is 17.6 Å². The summed E-state index contributed by atoms with van der Waals surface area (Å²) >= 11 is 0. The van der Waals surface area contributed by atoms with Crippen LogP contribution in [0.2, 0.25) is 0 Å². The van der Waals surface area contributed by atoms with Gasteiger partial charge in [0.25, 0.3) is 5.91 Å². The average Bonchev–Trinajstić information content (AvgIpc) is 2.77. The number of hydrogen-bond acceptors (Lipinski definition) is 5. The number of nitrogens with one attached hydrogen (secondary N) is 1. The minimum atomic E-state index is -3.79. The first kappa shape index (κ1) is 22.0. The first-order valence-corrected chi connectivity index (χ1v) is 11.4. The summed E-state index contributed by atoms with van der Waals surface area (Å²) in [6, 6.07) is 11.3. The Balaban J connectivity index is 1.72. The lowest BCUT2D eigenvalue weighted by molar-refractivity contribution is 0.0600. The number of carbonyl (C=O) groups excluding carboxylic acids is 2. The van der Waals surface area contributed by atoms with E-state index in [0.29, 0.717) is 16.7 Å². The van der Waals surface area contributed by atoms with Crippen LogP contribution in [0, 0.1) is 6.92 Å². The smallest absolute Gasteiger partial charge is 0.337 e. The van der Waals surface area contributed by atoms with Crippen LogP contribution in [0.3, 0.4) is 0 Å². The molecule has 1 saturated heterocycles. The SMILES string of the molecule is COC(=O)c1ccc(S(=O)(=O)NCc2cccc(C(=O)N3CCCCC3)c2)c(C)c1. The Hall–Kier alpha value is -2.71. The molecule has 1 aliphatic heterocycles. The topological polar surface area (TPSA) is 92.8 Å². The Bertz CT molecular complexity index is 1040. The second-order valence-corrected chi connectivity index (χ2v) is 9.09. The molecule has 1 aliphatic rings. The van der Waals surface area contributed by atoms with Gasteiger partial charge in [-0.3, -0.25) is 4.79 Å². The number of rotatable bonds is 6. The van der Waals surface area contributed by atoms with Gasteiger partial charge in [0.15, 0.2) is 0 Å². The van der Waals surface area contributed by atoms with E-state index in [4.69, 9.17) is 0 Å². The highest BCUT2D eigenvalue weighted by molar-refractivity contribution is 7.89. The van der Waals surface area contributed by atoms with Gasteiger partial charge in [-0.15, -0.1) is 0 Å². The molecule has 0 aliphatic carbocycles. The molecular weight excluding hydrogens is 404 g/mol. The predicted octanol–water partition coefficient (Wildman–Crippen LogP) is 2.89. The molecule has 0 bridgehead atoms. The number of nitrogens with zero attached hydrogens (tertiary/aromatic N) is 1. The number of hydrogen-bond donors (Lipinski definition) is 1. The Labute approximate surface area is 177 Å². The zero-order valence-corrected chi connectivity index (χ0v) is 18.0. The van der Waals surface area contributed by atoms with E-state index in [1.807, 2.05) is 4.90 Å². The Kier molecular flexibility index (Phi) is 6.89. The summed E-state index contributed by atoms with van der Waals surface area (Å²) < 4.78 is 32.7. The summed E-state index contributed by atoms with van der Waals surface area (Å²) in [5.41, 5.74) is 2.00. The summed E-state index contributed by atoms with van der Waals surface area (Å²) in [7, 11) is -2.52. The second kappa shape index (κ2) is 9.40. The van der Waals surface area contributed by atoms with E-state index >= 15 is 0 Å². The molecule has 0 spiro atoms. The van der Waals surface area contributed by atoms with Crippen LogP contribution in [0.25, 0.3) is 0 Å². The number of aryl methyl sites for hydroxylation is 1.